The van der Waals surface area contributed by atoms with Crippen LogP contribution in [0.5, 0.6) is 0 Å². The summed E-state index contributed by atoms with van der Waals surface area (Å²) in [4.78, 5) is 25.9. The fraction of sp³-hybridized carbons (Fsp3) is 0.789. The monoisotopic (exact) mass is 348 g/mol. The highest BCUT2D eigenvalue weighted by Crippen LogP contribution is 2.62. The number of hydrogen-bond donors (Lipinski definition) is 1. The Morgan fingerprint density at radius 3 is 2.64 bits per heavy atom. The van der Waals surface area contributed by atoms with Crippen LogP contribution in [0.2, 0.25) is 0 Å². The van der Waals surface area contributed by atoms with Crippen molar-refractivity contribution in [3.8, 4) is 0 Å². The predicted molar refractivity (Wildman–Crippen MR) is 92.0 cm³/mol. The van der Waals surface area contributed by atoms with Gasteiger partial charge in [0, 0.05) is 43.1 Å². The van der Waals surface area contributed by atoms with Gasteiger partial charge in [-0.15, -0.1) is 0 Å². The molecule has 1 spiro atoms. The first-order valence-electron chi connectivity index (χ1n) is 9.38. The SMILES string of the molecule is CC(C)(C)OC(=O)N1CC(=CC(=O)N[C@@H]2[C@H]3CCO[C@H]3C23CCC3)C1. The first-order valence-corrected chi connectivity index (χ1v) is 9.38. The largest absolute Gasteiger partial charge is 0.444 e. The van der Waals surface area contributed by atoms with Crippen molar-refractivity contribution < 1.29 is 19.1 Å². The minimum atomic E-state index is -0.491. The van der Waals surface area contributed by atoms with Crippen LogP contribution in [-0.2, 0) is 14.3 Å². The second-order valence-electron chi connectivity index (χ2n) is 8.96. The maximum atomic E-state index is 12.4. The number of likely N-dealkylation sites (tertiary alicyclic amines) is 1. The maximum Gasteiger partial charge on any atom is 0.410 e. The molecular weight excluding hydrogens is 320 g/mol. The van der Waals surface area contributed by atoms with E-state index < -0.39 is 5.60 Å². The lowest BCUT2D eigenvalue weighted by atomic mass is 9.46. The summed E-state index contributed by atoms with van der Waals surface area (Å²) < 4.78 is 11.2. The Morgan fingerprint density at radius 2 is 2.04 bits per heavy atom. The first-order chi connectivity index (χ1) is 11.8. The van der Waals surface area contributed by atoms with Gasteiger partial charge in [-0.05, 0) is 45.6 Å². The summed E-state index contributed by atoms with van der Waals surface area (Å²) in [7, 11) is 0. The Kier molecular flexibility index (Phi) is 3.87. The third-order valence-corrected chi connectivity index (χ3v) is 6.11. The summed E-state index contributed by atoms with van der Waals surface area (Å²) >= 11 is 0. The van der Waals surface area contributed by atoms with E-state index in [2.05, 4.69) is 5.32 Å². The van der Waals surface area contributed by atoms with Gasteiger partial charge in [-0.2, -0.15) is 0 Å². The Hall–Kier alpha value is -1.56. The van der Waals surface area contributed by atoms with Crippen LogP contribution in [0.25, 0.3) is 0 Å². The standard InChI is InChI=1S/C19H28N2O4/c1-18(2,3)25-17(23)21-10-12(11-21)9-14(22)20-15-13-5-8-24-16(13)19(15)6-4-7-19/h9,13,15-16H,4-8,10-11H2,1-3H3,(H,20,22)/t13-,15-,16-/m1/s1. The number of carbonyl (C=O) groups excluding carboxylic acids is 2. The van der Waals surface area contributed by atoms with Crippen molar-refractivity contribution in [3.63, 3.8) is 0 Å². The molecular formula is C19H28N2O4. The van der Waals surface area contributed by atoms with Crippen LogP contribution in [-0.4, -0.2) is 54.3 Å². The second-order valence-corrected chi connectivity index (χ2v) is 8.96. The van der Waals surface area contributed by atoms with E-state index in [9.17, 15) is 9.59 Å². The number of amides is 2. The topological polar surface area (TPSA) is 67.9 Å². The van der Waals surface area contributed by atoms with Crippen molar-refractivity contribution >= 4 is 12.0 Å². The molecule has 0 unspecified atom stereocenters. The number of rotatable bonds is 2. The van der Waals surface area contributed by atoms with Crippen molar-refractivity contribution in [1.82, 2.24) is 10.2 Å². The van der Waals surface area contributed by atoms with E-state index in [-0.39, 0.29) is 23.5 Å². The maximum absolute atomic E-state index is 12.4. The number of carbonyl (C=O) groups is 2. The molecule has 4 rings (SSSR count). The van der Waals surface area contributed by atoms with Gasteiger partial charge >= 0.3 is 6.09 Å². The first kappa shape index (κ1) is 16.9. The average Bonchev–Trinajstić information content (AvgIpc) is 2.81. The molecule has 25 heavy (non-hydrogen) atoms. The highest BCUT2D eigenvalue weighted by atomic mass is 16.6. The summed E-state index contributed by atoms with van der Waals surface area (Å²) in [6.07, 6.45) is 6.35. The van der Waals surface area contributed by atoms with E-state index in [4.69, 9.17) is 9.47 Å². The van der Waals surface area contributed by atoms with Crippen LogP contribution in [0.1, 0.15) is 46.5 Å². The third-order valence-electron chi connectivity index (χ3n) is 6.11. The van der Waals surface area contributed by atoms with Crippen molar-refractivity contribution in [3.05, 3.63) is 11.6 Å². The molecule has 2 aliphatic heterocycles. The van der Waals surface area contributed by atoms with Crippen LogP contribution in [0.4, 0.5) is 4.79 Å². The fourth-order valence-corrected chi connectivity index (χ4v) is 4.83. The molecule has 0 aromatic rings. The summed E-state index contributed by atoms with van der Waals surface area (Å²) in [6, 6.07) is 0.264. The molecule has 2 aliphatic carbocycles. The second kappa shape index (κ2) is 5.73. The molecule has 138 valence electrons. The van der Waals surface area contributed by atoms with Gasteiger partial charge in [-0.3, -0.25) is 4.79 Å². The van der Waals surface area contributed by atoms with Crippen molar-refractivity contribution in [1.29, 1.82) is 0 Å². The molecule has 2 saturated carbocycles. The van der Waals surface area contributed by atoms with Crippen LogP contribution >= 0.6 is 0 Å². The van der Waals surface area contributed by atoms with Crippen LogP contribution in [0, 0.1) is 11.3 Å². The highest BCUT2D eigenvalue weighted by Gasteiger charge is 2.66. The fourth-order valence-electron chi connectivity index (χ4n) is 4.83. The quantitative estimate of drug-likeness (QED) is 0.777. The van der Waals surface area contributed by atoms with Gasteiger partial charge in [0.1, 0.15) is 5.60 Å². The molecule has 2 saturated heterocycles. The summed E-state index contributed by atoms with van der Waals surface area (Å²) in [5, 5.41) is 3.23. The van der Waals surface area contributed by atoms with Crippen molar-refractivity contribution in [2.45, 2.75) is 64.2 Å². The zero-order valence-corrected chi connectivity index (χ0v) is 15.3. The number of nitrogens with one attached hydrogen (secondary N) is 1. The number of nitrogens with zero attached hydrogens (tertiary/aromatic N) is 1. The molecule has 4 fully saturated rings. The molecule has 0 aromatic heterocycles. The lowest BCUT2D eigenvalue weighted by Crippen LogP contribution is -2.71. The number of hydrogen-bond acceptors (Lipinski definition) is 4. The smallest absolute Gasteiger partial charge is 0.410 e. The Morgan fingerprint density at radius 1 is 1.32 bits per heavy atom. The molecule has 0 radical (unpaired) electrons. The van der Waals surface area contributed by atoms with E-state index in [1.165, 1.54) is 19.3 Å². The van der Waals surface area contributed by atoms with Crippen LogP contribution in [0.15, 0.2) is 11.6 Å². The van der Waals surface area contributed by atoms with E-state index in [1.54, 1.807) is 11.0 Å². The van der Waals surface area contributed by atoms with E-state index in [1.807, 2.05) is 20.8 Å². The third kappa shape index (κ3) is 2.84. The minimum Gasteiger partial charge on any atom is -0.444 e. The molecule has 2 amide bonds. The lowest BCUT2D eigenvalue weighted by molar-refractivity contribution is -0.178. The van der Waals surface area contributed by atoms with E-state index in [0.29, 0.717) is 25.1 Å². The summed E-state index contributed by atoms with van der Waals surface area (Å²) in [6.45, 7) is 7.34. The molecule has 4 aliphatic rings. The molecule has 6 heteroatoms. The minimum absolute atomic E-state index is 0.0273. The van der Waals surface area contributed by atoms with Crippen molar-refractivity contribution in [2.24, 2.45) is 11.3 Å². The lowest BCUT2D eigenvalue weighted by Gasteiger charge is -2.63. The number of fused-ring (bicyclic) bond motifs is 2. The van der Waals surface area contributed by atoms with Gasteiger partial charge in [0.15, 0.2) is 0 Å². The van der Waals surface area contributed by atoms with Crippen molar-refractivity contribution in [2.75, 3.05) is 19.7 Å². The zero-order chi connectivity index (χ0) is 17.8. The predicted octanol–water partition coefficient (Wildman–Crippen LogP) is 2.24. The Bertz CT molecular complexity index is 609. The average molecular weight is 348 g/mol. The Labute approximate surface area is 148 Å². The molecule has 0 bridgehead atoms. The van der Waals surface area contributed by atoms with E-state index >= 15 is 0 Å². The number of ether oxygens (including phenoxy) is 2. The van der Waals surface area contributed by atoms with Gasteiger partial charge in [0.2, 0.25) is 5.91 Å². The highest BCUT2D eigenvalue weighted by molar-refractivity contribution is 5.89. The molecule has 0 aromatic carbocycles. The van der Waals surface area contributed by atoms with Gasteiger partial charge in [-0.25, -0.2) is 4.79 Å². The van der Waals surface area contributed by atoms with E-state index in [0.717, 1.165) is 18.6 Å². The normalized spacial score (nSPS) is 32.2. The molecule has 3 atom stereocenters. The zero-order valence-electron chi connectivity index (χ0n) is 15.3. The van der Waals surface area contributed by atoms with Gasteiger partial charge < -0.3 is 19.7 Å². The molecule has 1 N–H and O–H groups in total. The Balaban J connectivity index is 1.29. The van der Waals surface area contributed by atoms with Crippen LogP contribution < -0.4 is 5.32 Å². The van der Waals surface area contributed by atoms with Crippen LogP contribution in [0.3, 0.4) is 0 Å². The molecule has 6 nitrogen and oxygen atoms in total. The summed E-state index contributed by atoms with van der Waals surface area (Å²) in [5.74, 6) is 0.461. The van der Waals surface area contributed by atoms with Gasteiger partial charge in [-0.1, -0.05) is 6.42 Å². The molecule has 2 heterocycles. The summed E-state index contributed by atoms with van der Waals surface area (Å²) in [5.41, 5.74) is 0.691. The van der Waals surface area contributed by atoms with Gasteiger partial charge in [0.05, 0.1) is 6.10 Å². The van der Waals surface area contributed by atoms with Gasteiger partial charge in [0.25, 0.3) is 0 Å².